The smallest absolute Gasteiger partial charge is 0.343 e. The first-order chi connectivity index (χ1) is 11.5. The molecule has 124 valence electrons. The average molecular weight is 409 g/mol. The van der Waals surface area contributed by atoms with E-state index < -0.39 is 5.97 Å². The molecule has 0 atom stereocenters. The van der Waals surface area contributed by atoms with Gasteiger partial charge in [-0.3, -0.25) is 4.79 Å². The molecule has 24 heavy (non-hydrogen) atoms. The molecule has 2 aromatic rings. The van der Waals surface area contributed by atoms with E-state index in [0.29, 0.717) is 29.3 Å². The van der Waals surface area contributed by atoms with Crippen molar-refractivity contribution in [3.05, 3.63) is 63.1 Å². The minimum absolute atomic E-state index is 0.157. The van der Waals surface area contributed by atoms with Crippen molar-refractivity contribution < 1.29 is 14.3 Å². The van der Waals surface area contributed by atoms with Crippen molar-refractivity contribution >= 4 is 39.4 Å². The molecule has 2 aromatic carbocycles. The first-order valence-corrected chi connectivity index (χ1v) is 8.74. The fraction of sp³-hybridized carbons (Fsp3) is 0.222. The van der Waals surface area contributed by atoms with Gasteiger partial charge in [-0.05, 0) is 42.3 Å². The van der Waals surface area contributed by atoms with Crippen molar-refractivity contribution in [2.45, 2.75) is 19.4 Å². The Labute approximate surface area is 153 Å². The number of likely N-dealkylation sites (tertiary alicyclic amines) is 1. The fourth-order valence-corrected chi connectivity index (χ4v) is 3.32. The van der Waals surface area contributed by atoms with Gasteiger partial charge in [-0.1, -0.05) is 39.7 Å². The zero-order valence-electron chi connectivity index (χ0n) is 12.8. The van der Waals surface area contributed by atoms with E-state index >= 15 is 0 Å². The summed E-state index contributed by atoms with van der Waals surface area (Å²) in [5.41, 5.74) is 1.33. The highest BCUT2D eigenvalue weighted by Crippen LogP contribution is 2.28. The molecule has 0 aliphatic carbocycles. The van der Waals surface area contributed by atoms with Gasteiger partial charge in [0.15, 0.2) is 0 Å². The van der Waals surface area contributed by atoms with Gasteiger partial charge in [0.25, 0.3) is 0 Å². The largest absolute Gasteiger partial charge is 0.421 e. The summed E-state index contributed by atoms with van der Waals surface area (Å²) in [5.74, 6) is -0.0107. The summed E-state index contributed by atoms with van der Waals surface area (Å²) in [4.78, 5) is 25.9. The number of amides is 1. The Hall–Kier alpha value is -1.85. The quantitative estimate of drug-likeness (QED) is 0.555. The lowest BCUT2D eigenvalue weighted by molar-refractivity contribution is -0.128. The molecule has 0 unspecified atom stereocenters. The molecule has 1 fully saturated rings. The van der Waals surface area contributed by atoms with E-state index in [1.165, 1.54) is 0 Å². The van der Waals surface area contributed by atoms with Crippen LogP contribution < -0.4 is 4.74 Å². The van der Waals surface area contributed by atoms with E-state index in [-0.39, 0.29) is 5.91 Å². The Morgan fingerprint density at radius 1 is 1.25 bits per heavy atom. The predicted molar refractivity (Wildman–Crippen MR) is 95.2 cm³/mol. The lowest BCUT2D eigenvalue weighted by Crippen LogP contribution is -2.24. The number of benzene rings is 2. The van der Waals surface area contributed by atoms with Crippen molar-refractivity contribution in [3.63, 3.8) is 0 Å². The summed E-state index contributed by atoms with van der Waals surface area (Å²) in [6.45, 7) is 1.28. The van der Waals surface area contributed by atoms with E-state index in [1.54, 1.807) is 41.3 Å². The van der Waals surface area contributed by atoms with Crippen LogP contribution in [-0.2, 0) is 11.3 Å². The molecular weight excluding hydrogens is 394 g/mol. The van der Waals surface area contributed by atoms with Crippen molar-refractivity contribution in [3.8, 4) is 5.75 Å². The minimum atomic E-state index is -0.478. The first kappa shape index (κ1) is 17.0. The molecule has 1 amide bonds. The van der Waals surface area contributed by atoms with Gasteiger partial charge in [0.2, 0.25) is 5.91 Å². The van der Waals surface area contributed by atoms with Crippen LogP contribution in [0, 0.1) is 0 Å². The summed E-state index contributed by atoms with van der Waals surface area (Å²) < 4.78 is 6.17. The van der Waals surface area contributed by atoms with Crippen LogP contribution in [0.15, 0.2) is 46.9 Å². The summed E-state index contributed by atoms with van der Waals surface area (Å²) >= 11 is 9.38. The van der Waals surface area contributed by atoms with E-state index in [1.807, 2.05) is 6.07 Å². The number of halogens is 2. The summed E-state index contributed by atoms with van der Waals surface area (Å²) in [7, 11) is 0. The zero-order valence-corrected chi connectivity index (χ0v) is 15.1. The second-order valence-corrected chi connectivity index (χ2v) is 6.91. The second kappa shape index (κ2) is 7.36. The van der Waals surface area contributed by atoms with Crippen LogP contribution in [0.2, 0.25) is 5.02 Å². The number of esters is 1. The Morgan fingerprint density at radius 3 is 2.79 bits per heavy atom. The highest BCUT2D eigenvalue weighted by Gasteiger charge is 2.20. The molecule has 1 aliphatic rings. The number of hydrogen-bond acceptors (Lipinski definition) is 3. The van der Waals surface area contributed by atoms with Gasteiger partial charge in [0.1, 0.15) is 5.75 Å². The zero-order chi connectivity index (χ0) is 17.1. The lowest BCUT2D eigenvalue weighted by atomic mass is 10.1. The molecule has 0 bridgehead atoms. The van der Waals surface area contributed by atoms with E-state index in [4.69, 9.17) is 16.3 Å². The molecular formula is C18H15BrClNO3. The number of hydrogen-bond donors (Lipinski definition) is 0. The van der Waals surface area contributed by atoms with Gasteiger partial charge in [0.05, 0.1) is 10.6 Å². The first-order valence-electron chi connectivity index (χ1n) is 7.57. The molecule has 0 aromatic heterocycles. The molecule has 3 rings (SSSR count). The summed E-state index contributed by atoms with van der Waals surface area (Å²) in [6, 6.07) is 12.2. The van der Waals surface area contributed by atoms with Crippen LogP contribution in [0.25, 0.3) is 0 Å². The number of ether oxygens (including phenoxy) is 1. The van der Waals surface area contributed by atoms with Gasteiger partial charge in [-0.2, -0.15) is 0 Å². The Kier molecular flexibility index (Phi) is 5.21. The van der Waals surface area contributed by atoms with E-state index in [0.717, 1.165) is 23.0 Å². The fourth-order valence-electron chi connectivity index (χ4n) is 2.61. The molecule has 1 heterocycles. The number of rotatable bonds is 4. The minimum Gasteiger partial charge on any atom is -0.421 e. The number of carbonyl (C=O) groups excluding carboxylic acids is 2. The lowest BCUT2D eigenvalue weighted by Gasteiger charge is -2.16. The Balaban J connectivity index is 1.73. The average Bonchev–Trinajstić information content (AvgIpc) is 2.95. The standard InChI is InChI=1S/C18H15BrClNO3/c19-14-6-7-16(15(20)10-14)24-18(23)13-4-1-3-12(9-13)11-21-8-2-5-17(21)22/h1,3-4,6-7,9-10H,2,5,8,11H2. The van der Waals surface area contributed by atoms with Crippen LogP contribution >= 0.6 is 27.5 Å². The highest BCUT2D eigenvalue weighted by molar-refractivity contribution is 9.10. The van der Waals surface area contributed by atoms with E-state index in [2.05, 4.69) is 15.9 Å². The SMILES string of the molecule is O=C(Oc1ccc(Br)cc1Cl)c1cccc(CN2CCCC2=O)c1. The van der Waals surface area contributed by atoms with Crippen LogP contribution in [0.1, 0.15) is 28.8 Å². The van der Waals surface area contributed by atoms with Gasteiger partial charge in [0, 0.05) is 24.0 Å². The van der Waals surface area contributed by atoms with Crippen LogP contribution in [-0.4, -0.2) is 23.3 Å². The van der Waals surface area contributed by atoms with Crippen molar-refractivity contribution in [1.29, 1.82) is 0 Å². The maximum absolute atomic E-state index is 12.3. The Bertz CT molecular complexity index is 794. The van der Waals surface area contributed by atoms with Gasteiger partial charge >= 0.3 is 5.97 Å². The number of carbonyl (C=O) groups is 2. The van der Waals surface area contributed by atoms with Gasteiger partial charge < -0.3 is 9.64 Å². The predicted octanol–water partition coefficient (Wildman–Crippen LogP) is 4.44. The topological polar surface area (TPSA) is 46.6 Å². The molecule has 0 N–H and O–H groups in total. The van der Waals surface area contributed by atoms with E-state index in [9.17, 15) is 9.59 Å². The van der Waals surface area contributed by atoms with Crippen molar-refractivity contribution in [1.82, 2.24) is 4.90 Å². The maximum Gasteiger partial charge on any atom is 0.343 e. The Morgan fingerprint density at radius 2 is 2.08 bits per heavy atom. The normalized spacial score (nSPS) is 14.1. The van der Waals surface area contributed by atoms with Crippen LogP contribution in [0.5, 0.6) is 5.75 Å². The molecule has 0 spiro atoms. The molecule has 0 radical (unpaired) electrons. The molecule has 1 aliphatic heterocycles. The van der Waals surface area contributed by atoms with Crippen LogP contribution in [0.3, 0.4) is 0 Å². The molecule has 0 saturated carbocycles. The summed E-state index contributed by atoms with van der Waals surface area (Å²) in [6.07, 6.45) is 1.49. The van der Waals surface area contributed by atoms with Crippen LogP contribution in [0.4, 0.5) is 0 Å². The van der Waals surface area contributed by atoms with Crippen molar-refractivity contribution in [2.24, 2.45) is 0 Å². The maximum atomic E-state index is 12.3. The van der Waals surface area contributed by atoms with Gasteiger partial charge in [-0.15, -0.1) is 0 Å². The highest BCUT2D eigenvalue weighted by atomic mass is 79.9. The third-order valence-electron chi connectivity index (χ3n) is 3.80. The molecule has 4 nitrogen and oxygen atoms in total. The third-order valence-corrected chi connectivity index (χ3v) is 4.59. The molecule has 1 saturated heterocycles. The number of nitrogens with zero attached hydrogens (tertiary/aromatic N) is 1. The third kappa shape index (κ3) is 3.97. The van der Waals surface area contributed by atoms with Crippen molar-refractivity contribution in [2.75, 3.05) is 6.54 Å². The van der Waals surface area contributed by atoms with Gasteiger partial charge in [-0.25, -0.2) is 4.79 Å². The monoisotopic (exact) mass is 407 g/mol. The summed E-state index contributed by atoms with van der Waals surface area (Å²) in [5, 5.41) is 0.358. The second-order valence-electron chi connectivity index (χ2n) is 5.58. The molecule has 6 heteroatoms.